The Balaban J connectivity index is 2.77. The number of anilines is 1. The normalized spacial score (nSPS) is 12.6. The van der Waals surface area contributed by atoms with Crippen LogP contribution in [0.25, 0.3) is 0 Å². The zero-order valence-electron chi connectivity index (χ0n) is 7.83. The molecule has 0 bridgehead atoms. The van der Waals surface area contributed by atoms with E-state index in [9.17, 15) is 0 Å². The number of aromatic nitrogens is 2. The Hall–Kier alpha value is -1.12. The van der Waals surface area contributed by atoms with E-state index >= 15 is 0 Å². The molecule has 0 saturated carbocycles. The summed E-state index contributed by atoms with van der Waals surface area (Å²) in [5.41, 5.74) is 1.07. The molecule has 1 aromatic heterocycles. The molecule has 1 rings (SSSR count). The van der Waals surface area contributed by atoms with Crippen molar-refractivity contribution >= 4 is 5.82 Å². The molecule has 1 N–H and O–H groups in total. The maximum Gasteiger partial charge on any atom is 0.148 e. The molecule has 66 valence electrons. The molecule has 3 heteroatoms. The average Bonchev–Trinajstić information content (AvgIpc) is 2.17. The minimum atomic E-state index is 0.503. The minimum absolute atomic E-state index is 0.503. The number of hydrogen-bond donors (Lipinski definition) is 1. The quantitative estimate of drug-likeness (QED) is 0.744. The van der Waals surface area contributed by atoms with Crippen molar-refractivity contribution in [3.63, 3.8) is 0 Å². The standard InChI is InChI=1S/C9H15N3/c1-4-7(2)8-5-6-9(10-3)12-11-8/h5-7H,4H2,1-3H3,(H,10,12). The van der Waals surface area contributed by atoms with Crippen molar-refractivity contribution in [3.8, 4) is 0 Å². The molecule has 1 unspecified atom stereocenters. The van der Waals surface area contributed by atoms with Crippen molar-refractivity contribution < 1.29 is 0 Å². The van der Waals surface area contributed by atoms with E-state index in [0.717, 1.165) is 17.9 Å². The maximum atomic E-state index is 4.11. The first-order valence-corrected chi connectivity index (χ1v) is 4.29. The fraction of sp³-hybridized carbons (Fsp3) is 0.556. The summed E-state index contributed by atoms with van der Waals surface area (Å²) in [6.07, 6.45) is 1.10. The number of nitrogens with one attached hydrogen (secondary N) is 1. The smallest absolute Gasteiger partial charge is 0.148 e. The number of hydrogen-bond acceptors (Lipinski definition) is 3. The van der Waals surface area contributed by atoms with Crippen LogP contribution in [-0.2, 0) is 0 Å². The van der Waals surface area contributed by atoms with Gasteiger partial charge < -0.3 is 5.32 Å². The lowest BCUT2D eigenvalue weighted by Crippen LogP contribution is -2.00. The lowest BCUT2D eigenvalue weighted by atomic mass is 10.1. The van der Waals surface area contributed by atoms with E-state index in [1.807, 2.05) is 19.2 Å². The Bertz CT molecular complexity index is 230. The van der Waals surface area contributed by atoms with Gasteiger partial charge in [0.1, 0.15) is 5.82 Å². The molecule has 0 aliphatic carbocycles. The second kappa shape index (κ2) is 4.04. The van der Waals surface area contributed by atoms with Crippen LogP contribution in [0.3, 0.4) is 0 Å². The van der Waals surface area contributed by atoms with Crippen LogP contribution in [0.5, 0.6) is 0 Å². The van der Waals surface area contributed by atoms with Crippen LogP contribution < -0.4 is 5.32 Å². The Morgan fingerprint density at radius 3 is 2.58 bits per heavy atom. The van der Waals surface area contributed by atoms with Crippen LogP contribution in [0.15, 0.2) is 12.1 Å². The first-order chi connectivity index (χ1) is 5.77. The first kappa shape index (κ1) is 8.97. The Labute approximate surface area is 73.2 Å². The van der Waals surface area contributed by atoms with Gasteiger partial charge in [-0.3, -0.25) is 0 Å². The highest BCUT2D eigenvalue weighted by Gasteiger charge is 2.03. The van der Waals surface area contributed by atoms with Gasteiger partial charge in [0.05, 0.1) is 5.69 Å². The Morgan fingerprint density at radius 1 is 1.42 bits per heavy atom. The molecule has 0 radical (unpaired) electrons. The van der Waals surface area contributed by atoms with E-state index in [1.54, 1.807) is 0 Å². The Kier molecular flexibility index (Phi) is 3.02. The zero-order valence-corrected chi connectivity index (χ0v) is 7.83. The third-order valence-electron chi connectivity index (χ3n) is 2.06. The van der Waals surface area contributed by atoms with Crippen molar-refractivity contribution in [2.45, 2.75) is 26.2 Å². The van der Waals surface area contributed by atoms with E-state index in [0.29, 0.717) is 5.92 Å². The van der Waals surface area contributed by atoms with Gasteiger partial charge in [0.15, 0.2) is 0 Å². The van der Waals surface area contributed by atoms with E-state index < -0.39 is 0 Å². The van der Waals surface area contributed by atoms with Gasteiger partial charge in [-0.15, -0.1) is 5.10 Å². The fourth-order valence-electron chi connectivity index (χ4n) is 0.948. The van der Waals surface area contributed by atoms with Crippen LogP contribution in [0, 0.1) is 0 Å². The molecule has 1 atom stereocenters. The molecule has 0 amide bonds. The monoisotopic (exact) mass is 165 g/mol. The predicted octanol–water partition coefficient (Wildman–Crippen LogP) is 2.03. The van der Waals surface area contributed by atoms with Crippen molar-refractivity contribution in [1.29, 1.82) is 0 Å². The molecule has 12 heavy (non-hydrogen) atoms. The summed E-state index contributed by atoms with van der Waals surface area (Å²) >= 11 is 0. The van der Waals surface area contributed by atoms with Crippen molar-refractivity contribution in [2.24, 2.45) is 0 Å². The van der Waals surface area contributed by atoms with Gasteiger partial charge in [-0.05, 0) is 24.5 Å². The molecule has 1 heterocycles. The summed E-state index contributed by atoms with van der Waals surface area (Å²) in [7, 11) is 1.84. The second-order valence-electron chi connectivity index (χ2n) is 2.90. The van der Waals surface area contributed by atoms with E-state index in [4.69, 9.17) is 0 Å². The van der Waals surface area contributed by atoms with Crippen molar-refractivity contribution in [2.75, 3.05) is 12.4 Å². The highest BCUT2D eigenvalue weighted by atomic mass is 15.2. The van der Waals surface area contributed by atoms with Gasteiger partial charge in [-0.2, -0.15) is 5.10 Å². The summed E-state index contributed by atoms with van der Waals surface area (Å²) < 4.78 is 0. The van der Waals surface area contributed by atoms with Crippen LogP contribution in [0.1, 0.15) is 31.9 Å². The topological polar surface area (TPSA) is 37.8 Å². The highest BCUT2D eigenvalue weighted by Crippen LogP contribution is 2.15. The predicted molar refractivity (Wildman–Crippen MR) is 50.3 cm³/mol. The summed E-state index contributed by atoms with van der Waals surface area (Å²) in [6, 6.07) is 3.97. The van der Waals surface area contributed by atoms with Gasteiger partial charge in [0, 0.05) is 7.05 Å². The number of nitrogens with zero attached hydrogens (tertiary/aromatic N) is 2. The van der Waals surface area contributed by atoms with Gasteiger partial charge in [-0.25, -0.2) is 0 Å². The maximum absolute atomic E-state index is 4.11. The van der Waals surface area contributed by atoms with Gasteiger partial charge in [0.2, 0.25) is 0 Å². The SMILES string of the molecule is CCC(C)c1ccc(NC)nn1. The molecule has 3 nitrogen and oxygen atoms in total. The molecule has 0 fully saturated rings. The molecular weight excluding hydrogens is 150 g/mol. The van der Waals surface area contributed by atoms with Gasteiger partial charge in [0.25, 0.3) is 0 Å². The van der Waals surface area contributed by atoms with Crippen LogP contribution in [-0.4, -0.2) is 17.2 Å². The van der Waals surface area contributed by atoms with Gasteiger partial charge >= 0.3 is 0 Å². The molecular formula is C9H15N3. The largest absolute Gasteiger partial charge is 0.372 e. The van der Waals surface area contributed by atoms with Crippen LogP contribution in [0.2, 0.25) is 0 Å². The van der Waals surface area contributed by atoms with E-state index in [-0.39, 0.29) is 0 Å². The lowest BCUT2D eigenvalue weighted by molar-refractivity contribution is 0.691. The third-order valence-corrected chi connectivity index (χ3v) is 2.06. The molecule has 1 aromatic rings. The van der Waals surface area contributed by atoms with Crippen LogP contribution >= 0.6 is 0 Å². The van der Waals surface area contributed by atoms with Gasteiger partial charge in [-0.1, -0.05) is 13.8 Å². The molecule has 0 spiro atoms. The fourth-order valence-corrected chi connectivity index (χ4v) is 0.948. The minimum Gasteiger partial charge on any atom is -0.372 e. The summed E-state index contributed by atoms with van der Waals surface area (Å²) in [4.78, 5) is 0. The first-order valence-electron chi connectivity index (χ1n) is 4.29. The van der Waals surface area contributed by atoms with Crippen molar-refractivity contribution in [3.05, 3.63) is 17.8 Å². The van der Waals surface area contributed by atoms with Crippen molar-refractivity contribution in [1.82, 2.24) is 10.2 Å². The summed E-state index contributed by atoms with van der Waals surface area (Å²) in [6.45, 7) is 4.31. The molecule has 0 saturated heterocycles. The summed E-state index contributed by atoms with van der Waals surface area (Å²) in [5, 5.41) is 11.1. The summed E-state index contributed by atoms with van der Waals surface area (Å²) in [5.74, 6) is 1.32. The second-order valence-corrected chi connectivity index (χ2v) is 2.90. The molecule has 0 aliphatic rings. The molecule has 0 aliphatic heterocycles. The lowest BCUT2D eigenvalue weighted by Gasteiger charge is -2.06. The molecule has 0 aromatic carbocycles. The number of rotatable bonds is 3. The zero-order chi connectivity index (χ0) is 8.97. The van der Waals surface area contributed by atoms with Crippen LogP contribution in [0.4, 0.5) is 5.82 Å². The highest BCUT2D eigenvalue weighted by molar-refractivity contribution is 5.32. The van der Waals surface area contributed by atoms with E-state index in [2.05, 4.69) is 29.4 Å². The third kappa shape index (κ3) is 1.94. The Morgan fingerprint density at radius 2 is 2.17 bits per heavy atom. The van der Waals surface area contributed by atoms with E-state index in [1.165, 1.54) is 0 Å². The average molecular weight is 165 g/mol.